The Morgan fingerprint density at radius 3 is 2.96 bits per heavy atom. The second-order valence-corrected chi connectivity index (χ2v) is 7.33. The number of nitrogens with one attached hydrogen (secondary N) is 1. The van der Waals surface area contributed by atoms with Crippen LogP contribution in [0.1, 0.15) is 22.4 Å². The first-order valence-corrected chi connectivity index (χ1v) is 9.49. The maximum atomic E-state index is 8.36. The molecule has 0 radical (unpaired) electrons. The predicted octanol–water partition coefficient (Wildman–Crippen LogP) is 3.84. The lowest BCUT2D eigenvalue weighted by Gasteiger charge is -2.15. The zero-order valence-electron chi connectivity index (χ0n) is 13.2. The number of hydrogen-bond donors (Lipinski definition) is 2. The van der Waals surface area contributed by atoms with Crippen LogP contribution in [0.2, 0.25) is 5.02 Å². The van der Waals surface area contributed by atoms with Crippen molar-refractivity contribution in [3.8, 4) is 0 Å². The minimum absolute atomic E-state index is 0.250. The molecule has 0 fully saturated rings. The summed E-state index contributed by atoms with van der Waals surface area (Å²) in [7, 11) is 0. The summed E-state index contributed by atoms with van der Waals surface area (Å²) in [5.74, 6) is 1.87. The first kappa shape index (κ1) is 18.8. The highest BCUT2D eigenvalue weighted by molar-refractivity contribution is 7.98. The molecular weight excluding hydrogens is 366 g/mol. The molecule has 0 saturated carbocycles. The average molecular weight is 384 g/mol. The highest BCUT2D eigenvalue weighted by Gasteiger charge is 2.18. The van der Waals surface area contributed by atoms with Gasteiger partial charge in [-0.25, -0.2) is 0 Å². The van der Waals surface area contributed by atoms with Crippen molar-refractivity contribution in [2.45, 2.75) is 24.1 Å². The van der Waals surface area contributed by atoms with Gasteiger partial charge in [-0.3, -0.25) is 9.79 Å². The van der Waals surface area contributed by atoms with Crippen molar-refractivity contribution in [1.29, 1.82) is 0 Å². The Kier molecular flexibility index (Phi) is 7.55. The largest absolute Gasteiger partial charge is 0.483 e. The second kappa shape index (κ2) is 9.66. The monoisotopic (exact) mass is 383 g/mol. The molecule has 24 heavy (non-hydrogen) atoms. The number of aliphatic imine (C=N–C) groups is 1. The molecule has 2 N–H and O–H groups in total. The molecule has 5 nitrogen and oxygen atoms in total. The molecule has 2 aromatic rings. The van der Waals surface area contributed by atoms with Crippen molar-refractivity contribution in [2.75, 3.05) is 13.1 Å². The fraction of sp³-hybridized carbons (Fsp3) is 0.312. The van der Waals surface area contributed by atoms with E-state index >= 15 is 0 Å². The van der Waals surface area contributed by atoms with E-state index in [9.17, 15) is 0 Å². The van der Waals surface area contributed by atoms with E-state index in [-0.39, 0.29) is 6.47 Å². The number of hydrogen-bond acceptors (Lipinski definition) is 6. The molecule has 1 aromatic heterocycles. The van der Waals surface area contributed by atoms with Crippen LogP contribution in [0.15, 0.2) is 34.3 Å². The van der Waals surface area contributed by atoms with E-state index in [0.29, 0.717) is 0 Å². The smallest absolute Gasteiger partial charge is 0.290 e. The molecular formula is C16H18ClN3O2S2. The Morgan fingerprint density at radius 1 is 1.50 bits per heavy atom. The lowest BCUT2D eigenvalue weighted by atomic mass is 10.2. The highest BCUT2D eigenvalue weighted by atomic mass is 35.5. The maximum absolute atomic E-state index is 8.36. The molecule has 0 bridgehead atoms. The summed E-state index contributed by atoms with van der Waals surface area (Å²) in [6, 6.07) is 7.98. The van der Waals surface area contributed by atoms with Crippen LogP contribution < -0.4 is 5.32 Å². The normalized spacial score (nSPS) is 13.3. The van der Waals surface area contributed by atoms with Gasteiger partial charge >= 0.3 is 0 Å². The van der Waals surface area contributed by atoms with Crippen LogP contribution in [-0.4, -0.2) is 34.9 Å². The van der Waals surface area contributed by atoms with Gasteiger partial charge in [0.1, 0.15) is 10.9 Å². The molecule has 1 aromatic carbocycles. The fourth-order valence-electron chi connectivity index (χ4n) is 2.20. The van der Waals surface area contributed by atoms with Gasteiger partial charge in [0.2, 0.25) is 0 Å². The summed E-state index contributed by atoms with van der Waals surface area (Å²) < 4.78 is 4.58. The van der Waals surface area contributed by atoms with E-state index in [1.54, 1.807) is 23.3 Å². The summed E-state index contributed by atoms with van der Waals surface area (Å²) in [6.45, 7) is 3.75. The Labute approximate surface area is 154 Å². The number of nitrogens with zero attached hydrogens (tertiary/aromatic N) is 2. The highest BCUT2D eigenvalue weighted by Crippen LogP contribution is 2.30. The number of aryl methyl sites for hydroxylation is 1. The predicted molar refractivity (Wildman–Crippen MR) is 101 cm³/mol. The van der Waals surface area contributed by atoms with E-state index in [1.165, 1.54) is 16.0 Å². The van der Waals surface area contributed by atoms with E-state index in [1.807, 2.05) is 18.2 Å². The lowest BCUT2D eigenvalue weighted by molar-refractivity contribution is -0.122. The first-order valence-electron chi connectivity index (χ1n) is 7.35. The van der Waals surface area contributed by atoms with E-state index in [0.717, 1.165) is 41.1 Å². The van der Waals surface area contributed by atoms with Gasteiger partial charge in [-0.2, -0.15) is 4.37 Å². The summed E-state index contributed by atoms with van der Waals surface area (Å²) >= 11 is 9.32. The molecule has 0 amide bonds. The number of aromatic nitrogens is 1. The van der Waals surface area contributed by atoms with Gasteiger partial charge in [0, 0.05) is 28.7 Å². The lowest BCUT2D eigenvalue weighted by Crippen LogP contribution is -2.30. The average Bonchev–Trinajstić information content (AvgIpc) is 2.95. The minimum Gasteiger partial charge on any atom is -0.483 e. The molecule has 1 aliphatic heterocycles. The molecule has 8 heteroatoms. The topological polar surface area (TPSA) is 74.6 Å². The van der Waals surface area contributed by atoms with Crippen molar-refractivity contribution in [2.24, 2.45) is 4.99 Å². The van der Waals surface area contributed by atoms with Crippen molar-refractivity contribution in [3.63, 3.8) is 0 Å². The first-order chi connectivity index (χ1) is 11.7. The standard InChI is InChI=1S/C15H16ClN3S2.CH2O2/c1-10-13(14-17-6-3-7-18-14)15(19-21-10)20-9-11-4-2-5-12(16)8-11;2-1-3/h2,4-5,8H,3,6-7,9H2,1H3,(H,17,18);1H,(H,2,3). The van der Waals surface area contributed by atoms with Crippen LogP contribution in [-0.2, 0) is 10.5 Å². The molecule has 0 atom stereocenters. The summed E-state index contributed by atoms with van der Waals surface area (Å²) in [5.41, 5.74) is 2.38. The molecule has 0 spiro atoms. The number of thioether (sulfide) groups is 1. The second-order valence-electron chi connectivity index (χ2n) is 4.95. The third kappa shape index (κ3) is 5.22. The van der Waals surface area contributed by atoms with Gasteiger partial charge in [-0.1, -0.05) is 35.5 Å². The molecule has 1 aliphatic rings. The summed E-state index contributed by atoms with van der Waals surface area (Å²) in [5, 5.41) is 12.1. The van der Waals surface area contributed by atoms with Gasteiger partial charge in [0.05, 0.1) is 5.56 Å². The molecule has 2 heterocycles. The summed E-state index contributed by atoms with van der Waals surface area (Å²) in [6.07, 6.45) is 1.10. The third-order valence-corrected chi connectivity index (χ3v) is 5.38. The van der Waals surface area contributed by atoms with Gasteiger partial charge < -0.3 is 10.4 Å². The Bertz CT molecular complexity index is 719. The van der Waals surface area contributed by atoms with E-state index in [2.05, 4.69) is 27.7 Å². The van der Waals surface area contributed by atoms with Crippen molar-refractivity contribution in [3.05, 3.63) is 45.3 Å². The molecule has 3 rings (SSSR count). The number of rotatable bonds is 4. The van der Waals surface area contributed by atoms with Gasteiger partial charge in [-0.15, -0.1) is 0 Å². The van der Waals surface area contributed by atoms with Gasteiger partial charge in [0.25, 0.3) is 6.47 Å². The Hall–Kier alpha value is -1.57. The SMILES string of the molecule is Cc1snc(SCc2cccc(Cl)c2)c1C1=NCCCN1.O=CO. The number of benzene rings is 1. The Balaban J connectivity index is 0.000000647. The zero-order chi connectivity index (χ0) is 17.4. The van der Waals surface area contributed by atoms with E-state index < -0.39 is 0 Å². The number of carboxylic acid groups (broad SMARTS) is 1. The number of carbonyl (C=O) groups is 1. The summed E-state index contributed by atoms with van der Waals surface area (Å²) in [4.78, 5) is 14.2. The minimum atomic E-state index is -0.250. The molecule has 0 saturated heterocycles. The van der Waals surface area contributed by atoms with Crippen LogP contribution in [0.25, 0.3) is 0 Å². The number of halogens is 1. The molecule has 0 aliphatic carbocycles. The Morgan fingerprint density at radius 2 is 2.29 bits per heavy atom. The van der Waals surface area contributed by atoms with Crippen molar-refractivity contribution >= 4 is 47.2 Å². The van der Waals surface area contributed by atoms with Gasteiger partial charge in [0.15, 0.2) is 0 Å². The van der Waals surface area contributed by atoms with Crippen LogP contribution >= 0.6 is 34.9 Å². The van der Waals surface area contributed by atoms with Crippen LogP contribution in [0, 0.1) is 6.92 Å². The van der Waals surface area contributed by atoms with Crippen LogP contribution in [0.5, 0.6) is 0 Å². The third-order valence-electron chi connectivity index (χ3n) is 3.23. The van der Waals surface area contributed by atoms with Gasteiger partial charge in [-0.05, 0) is 42.6 Å². The van der Waals surface area contributed by atoms with Crippen molar-refractivity contribution in [1.82, 2.24) is 9.69 Å². The van der Waals surface area contributed by atoms with E-state index in [4.69, 9.17) is 21.5 Å². The fourth-order valence-corrected chi connectivity index (χ4v) is 4.27. The maximum Gasteiger partial charge on any atom is 0.290 e. The molecule has 0 unspecified atom stereocenters. The molecule has 128 valence electrons. The number of amidine groups is 1. The van der Waals surface area contributed by atoms with Crippen LogP contribution in [0.3, 0.4) is 0 Å². The van der Waals surface area contributed by atoms with Crippen molar-refractivity contribution < 1.29 is 9.90 Å². The zero-order valence-corrected chi connectivity index (χ0v) is 15.5. The quantitative estimate of drug-likeness (QED) is 0.619. The van der Waals surface area contributed by atoms with Crippen LogP contribution in [0.4, 0.5) is 0 Å².